The van der Waals surface area contributed by atoms with Gasteiger partial charge in [0.15, 0.2) is 23.1 Å². The molecule has 0 radical (unpaired) electrons. The zero-order valence-corrected chi connectivity index (χ0v) is 17.0. The highest BCUT2D eigenvalue weighted by molar-refractivity contribution is 5.90. The minimum Gasteiger partial charge on any atom is -0.504 e. The van der Waals surface area contributed by atoms with Crippen LogP contribution in [0.15, 0.2) is 46.1 Å². The number of carbonyl (C=O) groups excluding carboxylic acids is 1. The number of phenols is 1. The van der Waals surface area contributed by atoms with E-state index in [9.17, 15) is 20.0 Å². The highest BCUT2D eigenvalue weighted by Crippen LogP contribution is 2.38. The van der Waals surface area contributed by atoms with E-state index >= 15 is 0 Å². The molecule has 0 spiro atoms. The Morgan fingerprint density at radius 2 is 2.15 bits per heavy atom. The summed E-state index contributed by atoms with van der Waals surface area (Å²) in [6.07, 6.45) is 1.07. The van der Waals surface area contributed by atoms with Gasteiger partial charge in [-0.25, -0.2) is 15.0 Å². The maximum atomic E-state index is 12.6. The van der Waals surface area contributed by atoms with Gasteiger partial charge >= 0.3 is 5.69 Å². The first-order valence-corrected chi connectivity index (χ1v) is 9.30. The summed E-state index contributed by atoms with van der Waals surface area (Å²) in [4.78, 5) is 27.7. The predicted molar refractivity (Wildman–Crippen MR) is 114 cm³/mol. The Kier molecular flexibility index (Phi) is 5.55. The maximum absolute atomic E-state index is 12.6. The zero-order valence-electron chi connectivity index (χ0n) is 17.0. The third-order valence-electron chi connectivity index (χ3n) is 4.60. The number of methoxy groups -OCH3 is 1. The quantitative estimate of drug-likeness (QED) is 0.209. The molecular formula is C19H16N8O6. The number of nitrogens with zero attached hydrogens (tertiary/aromatic N) is 6. The van der Waals surface area contributed by atoms with Crippen LogP contribution in [-0.2, 0) is 11.3 Å². The molecule has 4 rings (SSSR count). The minimum atomic E-state index is -0.720. The Balaban J connectivity index is 1.59. The first kappa shape index (κ1) is 21.2. The number of hydrogen-bond acceptors (Lipinski definition) is 11. The number of nitro groups is 1. The number of imidazole rings is 1. The molecule has 33 heavy (non-hydrogen) atoms. The standard InChI is InChI=1S/C19H16N8O6/c1-32-17-13(28)7-6-10(16(17)27(30)31)8-21-23-14(29)9-26-12-5-3-2-4-11(12)22-19(26)15-18(20)25-33-24-15/h2-8,28H,9H2,1H3,(H2,20,25)(H,23,29)/b21-8-. The maximum Gasteiger partial charge on any atom is 0.323 e. The summed E-state index contributed by atoms with van der Waals surface area (Å²) < 4.78 is 11.1. The average Bonchev–Trinajstić information content (AvgIpc) is 3.37. The fraction of sp³-hybridized carbons (Fsp3) is 0.105. The number of hydrogen-bond donors (Lipinski definition) is 3. The number of aromatic hydroxyl groups is 1. The number of carbonyl (C=O) groups is 1. The fourth-order valence-corrected chi connectivity index (χ4v) is 3.19. The molecule has 2 heterocycles. The van der Waals surface area contributed by atoms with Gasteiger partial charge in [0, 0.05) is 0 Å². The number of phenolic OH excluding ortho intramolecular Hbond substituents is 1. The smallest absolute Gasteiger partial charge is 0.323 e. The van der Waals surface area contributed by atoms with E-state index in [0.29, 0.717) is 11.0 Å². The molecule has 0 aliphatic carbocycles. The molecule has 4 N–H and O–H groups in total. The summed E-state index contributed by atoms with van der Waals surface area (Å²) >= 11 is 0. The molecule has 0 saturated heterocycles. The molecule has 1 amide bonds. The van der Waals surface area contributed by atoms with Crippen molar-refractivity contribution in [3.05, 3.63) is 52.1 Å². The summed E-state index contributed by atoms with van der Waals surface area (Å²) in [6, 6.07) is 9.58. The van der Waals surface area contributed by atoms with Crippen LogP contribution in [0.4, 0.5) is 11.5 Å². The molecule has 168 valence electrons. The number of amides is 1. The van der Waals surface area contributed by atoms with Crippen LogP contribution in [0, 0.1) is 10.1 Å². The lowest BCUT2D eigenvalue weighted by atomic mass is 10.1. The Morgan fingerprint density at radius 3 is 2.85 bits per heavy atom. The first-order valence-electron chi connectivity index (χ1n) is 9.30. The van der Waals surface area contributed by atoms with Crippen LogP contribution in [0.5, 0.6) is 11.5 Å². The monoisotopic (exact) mass is 452 g/mol. The SMILES string of the molecule is COc1c(O)ccc(/C=N\NC(=O)Cn2c(-c3nonc3N)nc3ccccc32)c1[N+](=O)[O-]. The zero-order chi connectivity index (χ0) is 23.5. The third-order valence-corrected chi connectivity index (χ3v) is 4.60. The molecule has 0 aliphatic rings. The number of anilines is 1. The largest absolute Gasteiger partial charge is 0.504 e. The van der Waals surface area contributed by atoms with Crippen LogP contribution in [0.1, 0.15) is 5.56 Å². The summed E-state index contributed by atoms with van der Waals surface area (Å²) in [7, 11) is 1.19. The predicted octanol–water partition coefficient (Wildman–Crippen LogP) is 1.44. The number of fused-ring (bicyclic) bond motifs is 1. The summed E-state index contributed by atoms with van der Waals surface area (Å²) in [5.74, 6) is -0.985. The molecule has 0 aliphatic heterocycles. The van der Waals surface area contributed by atoms with E-state index in [4.69, 9.17) is 10.5 Å². The number of nitrogen functional groups attached to an aromatic ring is 1. The summed E-state index contributed by atoms with van der Waals surface area (Å²) in [5, 5.41) is 32.2. The molecule has 0 bridgehead atoms. The van der Waals surface area contributed by atoms with Gasteiger partial charge in [0.05, 0.1) is 34.8 Å². The second kappa shape index (κ2) is 8.62. The van der Waals surface area contributed by atoms with Gasteiger partial charge in [0.2, 0.25) is 5.75 Å². The molecule has 14 nitrogen and oxygen atoms in total. The Hall–Kier alpha value is -5.01. The number of benzene rings is 2. The van der Waals surface area contributed by atoms with Crippen molar-refractivity contribution in [3.8, 4) is 23.0 Å². The van der Waals surface area contributed by atoms with Crippen molar-refractivity contribution in [2.75, 3.05) is 12.8 Å². The number of ether oxygens (including phenoxy) is 1. The highest BCUT2D eigenvalue weighted by Gasteiger charge is 2.24. The lowest BCUT2D eigenvalue weighted by Crippen LogP contribution is -2.23. The molecule has 0 atom stereocenters. The topological polar surface area (TPSA) is 197 Å². The first-order chi connectivity index (χ1) is 15.9. The number of rotatable bonds is 7. The van der Waals surface area contributed by atoms with Crippen molar-refractivity contribution >= 4 is 34.7 Å². The minimum absolute atomic E-state index is 0.0126. The molecule has 2 aromatic carbocycles. The number of aromatic nitrogens is 4. The van der Waals surface area contributed by atoms with Crippen molar-refractivity contribution < 1.29 is 24.2 Å². The van der Waals surface area contributed by atoms with E-state index in [1.807, 2.05) is 0 Å². The van der Waals surface area contributed by atoms with Crippen LogP contribution in [0.2, 0.25) is 0 Å². The lowest BCUT2D eigenvalue weighted by Gasteiger charge is -2.07. The van der Waals surface area contributed by atoms with Crippen LogP contribution in [0.25, 0.3) is 22.6 Å². The fourth-order valence-electron chi connectivity index (χ4n) is 3.19. The number of hydrazone groups is 1. The van der Waals surface area contributed by atoms with E-state index in [-0.39, 0.29) is 35.2 Å². The second-order valence-electron chi connectivity index (χ2n) is 6.61. The van der Waals surface area contributed by atoms with Crippen molar-refractivity contribution in [1.29, 1.82) is 0 Å². The number of nitro benzene ring substituents is 1. The molecular weight excluding hydrogens is 436 g/mol. The number of nitrogens with one attached hydrogen (secondary N) is 1. The van der Waals surface area contributed by atoms with Crippen LogP contribution in [-0.4, -0.2) is 49.1 Å². The highest BCUT2D eigenvalue weighted by atomic mass is 16.6. The van der Waals surface area contributed by atoms with Gasteiger partial charge < -0.3 is 20.1 Å². The Morgan fingerprint density at radius 1 is 1.36 bits per heavy atom. The van der Waals surface area contributed by atoms with Crippen LogP contribution in [0.3, 0.4) is 0 Å². The van der Waals surface area contributed by atoms with Gasteiger partial charge in [-0.3, -0.25) is 14.9 Å². The van der Waals surface area contributed by atoms with Gasteiger partial charge in [0.1, 0.15) is 6.54 Å². The van der Waals surface area contributed by atoms with E-state index in [0.717, 1.165) is 6.21 Å². The molecule has 14 heteroatoms. The Bertz CT molecular complexity index is 1390. The molecule has 0 fully saturated rings. The molecule has 0 saturated carbocycles. The molecule has 2 aromatic heterocycles. The molecule has 4 aromatic rings. The van der Waals surface area contributed by atoms with Crippen molar-refractivity contribution in [2.45, 2.75) is 6.54 Å². The van der Waals surface area contributed by atoms with E-state index < -0.39 is 22.3 Å². The van der Waals surface area contributed by atoms with Crippen molar-refractivity contribution in [1.82, 2.24) is 25.3 Å². The Labute approximate surface area is 184 Å². The van der Waals surface area contributed by atoms with Gasteiger partial charge in [-0.15, -0.1) is 0 Å². The van der Waals surface area contributed by atoms with Gasteiger partial charge in [-0.2, -0.15) is 5.10 Å². The normalized spacial score (nSPS) is 11.2. The van der Waals surface area contributed by atoms with Crippen LogP contribution < -0.4 is 15.9 Å². The summed E-state index contributed by atoms with van der Waals surface area (Å²) in [6.45, 7) is -0.222. The van der Waals surface area contributed by atoms with E-state index in [1.165, 1.54) is 19.2 Å². The van der Waals surface area contributed by atoms with E-state index in [1.54, 1.807) is 28.8 Å². The second-order valence-corrected chi connectivity index (χ2v) is 6.61. The van der Waals surface area contributed by atoms with Gasteiger partial charge in [-0.1, -0.05) is 12.1 Å². The summed E-state index contributed by atoms with van der Waals surface area (Å²) in [5.41, 5.74) is 9.02. The average molecular weight is 452 g/mol. The van der Waals surface area contributed by atoms with Gasteiger partial charge in [0.25, 0.3) is 5.91 Å². The third kappa shape index (κ3) is 3.99. The van der Waals surface area contributed by atoms with Crippen molar-refractivity contribution in [2.24, 2.45) is 5.10 Å². The molecule has 0 unspecified atom stereocenters. The van der Waals surface area contributed by atoms with Gasteiger partial charge in [-0.05, 0) is 34.6 Å². The number of para-hydroxylation sites is 2. The lowest BCUT2D eigenvalue weighted by molar-refractivity contribution is -0.386. The van der Waals surface area contributed by atoms with Crippen molar-refractivity contribution in [3.63, 3.8) is 0 Å². The number of nitrogens with two attached hydrogens (primary N) is 1. The van der Waals surface area contributed by atoms with E-state index in [2.05, 4.69) is 30.5 Å². The van der Waals surface area contributed by atoms with Crippen LogP contribution >= 0.6 is 0 Å².